The molecule has 0 radical (unpaired) electrons. The van der Waals surface area contributed by atoms with Crippen LogP contribution < -0.4 is 0 Å². The molecule has 2 heteroatoms. The van der Waals surface area contributed by atoms with Crippen molar-refractivity contribution in [1.29, 1.82) is 0 Å². The van der Waals surface area contributed by atoms with Crippen LogP contribution in [0, 0.1) is 11.8 Å². The predicted octanol–water partition coefficient (Wildman–Crippen LogP) is 4.59. The Morgan fingerprint density at radius 2 is 1.44 bits per heavy atom. The lowest BCUT2D eigenvalue weighted by Crippen LogP contribution is -2.42. The van der Waals surface area contributed by atoms with Gasteiger partial charge in [0.2, 0.25) is 0 Å². The first-order valence-corrected chi connectivity index (χ1v) is 10.1. The van der Waals surface area contributed by atoms with Crippen molar-refractivity contribution in [3.8, 4) is 0 Å². The van der Waals surface area contributed by atoms with Crippen molar-refractivity contribution in [2.45, 2.75) is 77.1 Å². The van der Waals surface area contributed by atoms with Gasteiger partial charge in [-0.25, -0.2) is 0 Å². The zero-order valence-electron chi connectivity index (χ0n) is 11.3. The van der Waals surface area contributed by atoms with Gasteiger partial charge in [-0.15, -0.1) is 0 Å². The van der Waals surface area contributed by atoms with E-state index in [0.717, 1.165) is 11.8 Å². The van der Waals surface area contributed by atoms with E-state index in [1.807, 2.05) is 0 Å². The highest BCUT2D eigenvalue weighted by atomic mass is 28.4. The van der Waals surface area contributed by atoms with Crippen LogP contribution in [-0.2, 0) is 4.43 Å². The zero-order chi connectivity index (χ0) is 11.6. The Kier molecular flexibility index (Phi) is 4.12. The first kappa shape index (κ1) is 12.6. The molecular weight excluding hydrogens is 212 g/mol. The third-order valence-electron chi connectivity index (χ3n) is 4.50. The zero-order valence-corrected chi connectivity index (χ0v) is 12.3. The number of hydrogen-bond donors (Lipinski definition) is 0. The van der Waals surface area contributed by atoms with Crippen LogP contribution in [0.1, 0.15) is 52.4 Å². The Hall–Kier alpha value is 0.177. The molecule has 2 atom stereocenters. The molecule has 1 saturated heterocycles. The fourth-order valence-corrected chi connectivity index (χ4v) is 7.27. The minimum Gasteiger partial charge on any atom is -0.414 e. The standard InChI is InChI=1S/C14H28OSi/c1-12-9-13(2)11-14(10-12)15-16(3)7-5-4-6-8-16/h12-14H,4-11H2,1-3H3. The summed E-state index contributed by atoms with van der Waals surface area (Å²) in [5.74, 6) is 1.77. The quantitative estimate of drug-likeness (QED) is 0.642. The second-order valence-corrected chi connectivity index (χ2v) is 10.8. The SMILES string of the molecule is CC1CC(C)CC(O[Si]2(C)CCCCC2)C1. The van der Waals surface area contributed by atoms with Crippen LogP contribution in [0.3, 0.4) is 0 Å². The Morgan fingerprint density at radius 1 is 0.875 bits per heavy atom. The molecule has 1 aliphatic heterocycles. The van der Waals surface area contributed by atoms with Crippen molar-refractivity contribution in [2.75, 3.05) is 0 Å². The average Bonchev–Trinajstić information content (AvgIpc) is 2.15. The molecule has 2 fully saturated rings. The Morgan fingerprint density at radius 3 is 2.00 bits per heavy atom. The van der Waals surface area contributed by atoms with E-state index in [1.54, 1.807) is 0 Å². The molecule has 2 unspecified atom stereocenters. The predicted molar refractivity (Wildman–Crippen MR) is 72.1 cm³/mol. The molecule has 1 saturated carbocycles. The van der Waals surface area contributed by atoms with Crippen molar-refractivity contribution >= 4 is 8.32 Å². The van der Waals surface area contributed by atoms with Crippen LogP contribution in [-0.4, -0.2) is 14.4 Å². The van der Waals surface area contributed by atoms with Gasteiger partial charge in [-0.2, -0.15) is 0 Å². The highest BCUT2D eigenvalue weighted by Crippen LogP contribution is 2.36. The van der Waals surface area contributed by atoms with E-state index in [2.05, 4.69) is 20.4 Å². The summed E-state index contributed by atoms with van der Waals surface area (Å²) in [6.07, 6.45) is 8.98. The minimum atomic E-state index is -1.28. The summed E-state index contributed by atoms with van der Waals surface area (Å²) in [6, 6.07) is 2.85. The van der Waals surface area contributed by atoms with Gasteiger partial charge in [0.1, 0.15) is 0 Å². The van der Waals surface area contributed by atoms with Gasteiger partial charge >= 0.3 is 0 Å². The summed E-state index contributed by atoms with van der Waals surface area (Å²) in [5, 5.41) is 0. The highest BCUT2D eigenvalue weighted by molar-refractivity contribution is 6.72. The van der Waals surface area contributed by atoms with Crippen molar-refractivity contribution < 1.29 is 4.43 Å². The maximum atomic E-state index is 6.60. The molecule has 1 heterocycles. The van der Waals surface area contributed by atoms with Crippen LogP contribution >= 0.6 is 0 Å². The molecule has 0 N–H and O–H groups in total. The van der Waals surface area contributed by atoms with Gasteiger partial charge in [0.15, 0.2) is 8.32 Å². The van der Waals surface area contributed by atoms with E-state index >= 15 is 0 Å². The third-order valence-corrected chi connectivity index (χ3v) is 8.22. The Bertz CT molecular complexity index is 213. The molecule has 2 rings (SSSR count). The van der Waals surface area contributed by atoms with Crippen LogP contribution in [0.4, 0.5) is 0 Å². The van der Waals surface area contributed by atoms with Gasteiger partial charge in [-0.3, -0.25) is 0 Å². The molecular formula is C14H28OSi. The topological polar surface area (TPSA) is 9.23 Å². The minimum absolute atomic E-state index is 0.605. The fraction of sp³-hybridized carbons (Fsp3) is 1.00. The molecule has 16 heavy (non-hydrogen) atoms. The van der Waals surface area contributed by atoms with E-state index in [-0.39, 0.29) is 0 Å². The fourth-order valence-electron chi connectivity index (χ4n) is 3.79. The average molecular weight is 240 g/mol. The smallest absolute Gasteiger partial charge is 0.190 e. The van der Waals surface area contributed by atoms with Gasteiger partial charge in [0, 0.05) is 6.10 Å². The Balaban J connectivity index is 1.87. The summed E-state index contributed by atoms with van der Waals surface area (Å²) in [7, 11) is -1.28. The maximum absolute atomic E-state index is 6.60. The molecule has 0 aromatic rings. The van der Waals surface area contributed by atoms with Gasteiger partial charge < -0.3 is 4.43 Å². The summed E-state index contributed by atoms with van der Waals surface area (Å²) in [5.41, 5.74) is 0. The monoisotopic (exact) mass is 240 g/mol. The number of rotatable bonds is 2. The lowest BCUT2D eigenvalue weighted by molar-refractivity contribution is 0.0906. The van der Waals surface area contributed by atoms with Gasteiger partial charge in [-0.05, 0) is 49.7 Å². The van der Waals surface area contributed by atoms with E-state index in [1.165, 1.54) is 50.6 Å². The molecule has 0 aromatic heterocycles. The number of hydrogen-bond acceptors (Lipinski definition) is 1. The third kappa shape index (κ3) is 3.33. The van der Waals surface area contributed by atoms with Crippen molar-refractivity contribution in [2.24, 2.45) is 11.8 Å². The van der Waals surface area contributed by atoms with Gasteiger partial charge in [0.05, 0.1) is 0 Å². The van der Waals surface area contributed by atoms with E-state index < -0.39 is 8.32 Å². The molecule has 0 spiro atoms. The van der Waals surface area contributed by atoms with Crippen molar-refractivity contribution in [3.05, 3.63) is 0 Å². The lowest BCUT2D eigenvalue weighted by Gasteiger charge is -2.39. The van der Waals surface area contributed by atoms with Crippen molar-refractivity contribution in [3.63, 3.8) is 0 Å². The van der Waals surface area contributed by atoms with E-state index in [0.29, 0.717) is 6.10 Å². The normalized spacial score (nSPS) is 39.6. The summed E-state index contributed by atoms with van der Waals surface area (Å²) in [6.45, 7) is 7.28. The second kappa shape index (κ2) is 5.22. The van der Waals surface area contributed by atoms with E-state index in [4.69, 9.17) is 4.43 Å². The largest absolute Gasteiger partial charge is 0.414 e. The van der Waals surface area contributed by atoms with Crippen LogP contribution in [0.25, 0.3) is 0 Å². The summed E-state index contributed by atoms with van der Waals surface area (Å²) in [4.78, 5) is 0. The first-order chi connectivity index (χ1) is 7.57. The van der Waals surface area contributed by atoms with Crippen molar-refractivity contribution in [1.82, 2.24) is 0 Å². The molecule has 1 aliphatic carbocycles. The summed E-state index contributed by atoms with van der Waals surface area (Å²) < 4.78 is 6.60. The first-order valence-electron chi connectivity index (χ1n) is 7.25. The van der Waals surface area contributed by atoms with Crippen LogP contribution in [0.15, 0.2) is 0 Å². The molecule has 1 nitrogen and oxygen atoms in total. The molecule has 0 aromatic carbocycles. The molecule has 94 valence electrons. The van der Waals surface area contributed by atoms with Gasteiger partial charge in [-0.1, -0.05) is 33.1 Å². The second-order valence-electron chi connectivity index (χ2n) is 6.67. The van der Waals surface area contributed by atoms with Crippen LogP contribution in [0.5, 0.6) is 0 Å². The molecule has 0 amide bonds. The van der Waals surface area contributed by atoms with E-state index in [9.17, 15) is 0 Å². The lowest BCUT2D eigenvalue weighted by atomic mass is 9.82. The molecule has 0 bridgehead atoms. The molecule has 2 aliphatic rings. The maximum Gasteiger partial charge on any atom is 0.190 e. The summed E-state index contributed by atoms with van der Waals surface area (Å²) >= 11 is 0. The highest BCUT2D eigenvalue weighted by Gasteiger charge is 2.35. The Labute approximate surface area is 102 Å². The van der Waals surface area contributed by atoms with Gasteiger partial charge in [0.25, 0.3) is 0 Å². The van der Waals surface area contributed by atoms with Crippen LogP contribution in [0.2, 0.25) is 18.6 Å².